The molecule has 1 rings (SSSR count). The Morgan fingerprint density at radius 3 is 2.53 bits per heavy atom. The van der Waals surface area contributed by atoms with Gasteiger partial charge in [0.2, 0.25) is 5.91 Å². The first-order valence-electron chi connectivity index (χ1n) is 5.82. The van der Waals surface area contributed by atoms with Crippen LogP contribution in [-0.4, -0.2) is 29.2 Å². The van der Waals surface area contributed by atoms with Gasteiger partial charge in [-0.05, 0) is 19.3 Å². The quantitative estimate of drug-likeness (QED) is 0.639. The van der Waals surface area contributed by atoms with E-state index in [0.717, 1.165) is 25.7 Å². The maximum Gasteiger partial charge on any atom is 0.237 e. The third kappa shape index (κ3) is 3.18. The summed E-state index contributed by atoms with van der Waals surface area (Å²) in [7, 11) is 0. The largest absolute Gasteiger partial charge is 0.394 e. The van der Waals surface area contributed by atoms with Crippen molar-refractivity contribution in [2.24, 2.45) is 5.73 Å². The number of aliphatic hydroxyl groups is 1. The Balaban J connectivity index is 2.55. The van der Waals surface area contributed by atoms with Gasteiger partial charge in [-0.25, -0.2) is 0 Å². The standard InChI is InChI=1S/C11H22N2O2/c1-2-9(12)10(15)13-11(8-14)6-4-3-5-7-11/h9,14H,2-8,12H2,1H3,(H,13,15)/t9-/m0/s1. The fraction of sp³-hybridized carbons (Fsp3) is 0.909. The van der Waals surface area contributed by atoms with Gasteiger partial charge in [0.05, 0.1) is 18.2 Å². The van der Waals surface area contributed by atoms with Crippen LogP contribution in [0.2, 0.25) is 0 Å². The maximum absolute atomic E-state index is 11.7. The van der Waals surface area contributed by atoms with Crippen molar-refractivity contribution >= 4 is 5.91 Å². The molecule has 0 aromatic rings. The van der Waals surface area contributed by atoms with Crippen LogP contribution in [0.25, 0.3) is 0 Å². The van der Waals surface area contributed by atoms with Crippen LogP contribution in [0.15, 0.2) is 0 Å². The maximum atomic E-state index is 11.7. The number of carbonyl (C=O) groups excluding carboxylic acids is 1. The summed E-state index contributed by atoms with van der Waals surface area (Å²) in [6.07, 6.45) is 5.70. The van der Waals surface area contributed by atoms with E-state index in [1.54, 1.807) is 0 Å². The molecule has 0 radical (unpaired) electrons. The van der Waals surface area contributed by atoms with Crippen LogP contribution in [0.5, 0.6) is 0 Å². The molecule has 1 amide bonds. The van der Waals surface area contributed by atoms with Gasteiger partial charge >= 0.3 is 0 Å². The summed E-state index contributed by atoms with van der Waals surface area (Å²) in [6, 6.07) is -0.449. The Bertz CT molecular complexity index is 213. The van der Waals surface area contributed by atoms with E-state index in [-0.39, 0.29) is 12.5 Å². The summed E-state index contributed by atoms with van der Waals surface area (Å²) in [5.41, 5.74) is 5.25. The van der Waals surface area contributed by atoms with E-state index in [4.69, 9.17) is 5.73 Å². The number of hydrogen-bond acceptors (Lipinski definition) is 3. The van der Waals surface area contributed by atoms with Crippen molar-refractivity contribution in [2.75, 3.05) is 6.61 Å². The molecule has 0 spiro atoms. The predicted octanol–water partition coefficient (Wildman–Crippen LogP) is 0.535. The monoisotopic (exact) mass is 214 g/mol. The lowest BCUT2D eigenvalue weighted by molar-refractivity contribution is -0.125. The Morgan fingerprint density at radius 1 is 1.47 bits per heavy atom. The number of nitrogens with two attached hydrogens (primary N) is 1. The number of hydrogen-bond donors (Lipinski definition) is 3. The molecule has 0 aromatic heterocycles. The lowest BCUT2D eigenvalue weighted by Crippen LogP contribution is -2.56. The van der Waals surface area contributed by atoms with E-state index < -0.39 is 11.6 Å². The van der Waals surface area contributed by atoms with Gasteiger partial charge in [0.1, 0.15) is 0 Å². The lowest BCUT2D eigenvalue weighted by atomic mass is 9.82. The number of rotatable bonds is 4. The van der Waals surface area contributed by atoms with Gasteiger partial charge in [-0.2, -0.15) is 0 Å². The molecule has 1 aliphatic rings. The Labute approximate surface area is 91.2 Å². The minimum atomic E-state index is -0.449. The summed E-state index contributed by atoms with van der Waals surface area (Å²) >= 11 is 0. The highest BCUT2D eigenvalue weighted by Gasteiger charge is 2.33. The zero-order valence-electron chi connectivity index (χ0n) is 9.46. The fourth-order valence-electron chi connectivity index (χ4n) is 2.09. The molecule has 15 heavy (non-hydrogen) atoms. The molecule has 0 aromatic carbocycles. The first kappa shape index (κ1) is 12.5. The zero-order chi connectivity index (χ0) is 11.3. The summed E-state index contributed by atoms with van der Waals surface area (Å²) in [4.78, 5) is 11.7. The summed E-state index contributed by atoms with van der Waals surface area (Å²) in [6.45, 7) is 1.91. The van der Waals surface area contributed by atoms with Crippen LogP contribution in [0.3, 0.4) is 0 Å². The van der Waals surface area contributed by atoms with E-state index in [9.17, 15) is 9.90 Å². The van der Waals surface area contributed by atoms with Crippen molar-refractivity contribution in [3.63, 3.8) is 0 Å². The summed E-state index contributed by atoms with van der Waals surface area (Å²) < 4.78 is 0. The van der Waals surface area contributed by atoms with Crippen molar-refractivity contribution in [1.82, 2.24) is 5.32 Å². The average molecular weight is 214 g/mol. The van der Waals surface area contributed by atoms with Crippen LogP contribution in [0, 0.1) is 0 Å². The molecular formula is C11H22N2O2. The molecule has 1 saturated carbocycles. The molecular weight excluding hydrogens is 192 g/mol. The van der Waals surface area contributed by atoms with Gasteiger partial charge in [-0.15, -0.1) is 0 Å². The van der Waals surface area contributed by atoms with E-state index in [1.165, 1.54) is 6.42 Å². The molecule has 4 heteroatoms. The zero-order valence-corrected chi connectivity index (χ0v) is 9.46. The second-order valence-corrected chi connectivity index (χ2v) is 4.50. The molecule has 1 fully saturated rings. The lowest BCUT2D eigenvalue weighted by Gasteiger charge is -2.37. The molecule has 4 N–H and O–H groups in total. The van der Waals surface area contributed by atoms with Gasteiger partial charge in [0.25, 0.3) is 0 Å². The topological polar surface area (TPSA) is 75.4 Å². The van der Waals surface area contributed by atoms with E-state index in [0.29, 0.717) is 6.42 Å². The van der Waals surface area contributed by atoms with Crippen molar-refractivity contribution in [3.8, 4) is 0 Å². The van der Waals surface area contributed by atoms with Crippen LogP contribution in [0.1, 0.15) is 45.4 Å². The van der Waals surface area contributed by atoms with Gasteiger partial charge in [-0.3, -0.25) is 4.79 Å². The normalized spacial score (nSPS) is 22.1. The molecule has 1 aliphatic carbocycles. The first-order chi connectivity index (χ1) is 7.13. The Morgan fingerprint density at radius 2 is 2.07 bits per heavy atom. The highest BCUT2D eigenvalue weighted by atomic mass is 16.3. The van der Waals surface area contributed by atoms with Crippen LogP contribution in [-0.2, 0) is 4.79 Å². The SMILES string of the molecule is CC[C@H](N)C(=O)NC1(CO)CCCCC1. The first-order valence-corrected chi connectivity index (χ1v) is 5.82. The molecule has 0 bridgehead atoms. The van der Waals surface area contributed by atoms with Gasteiger partial charge in [0, 0.05) is 0 Å². The summed E-state index contributed by atoms with van der Waals surface area (Å²) in [5.74, 6) is -0.131. The fourth-order valence-corrected chi connectivity index (χ4v) is 2.09. The second-order valence-electron chi connectivity index (χ2n) is 4.50. The number of nitrogens with one attached hydrogen (secondary N) is 1. The van der Waals surface area contributed by atoms with E-state index >= 15 is 0 Å². The highest BCUT2D eigenvalue weighted by molar-refractivity contribution is 5.82. The number of aliphatic hydroxyl groups excluding tert-OH is 1. The van der Waals surface area contributed by atoms with Gasteiger partial charge in [-0.1, -0.05) is 26.2 Å². The smallest absolute Gasteiger partial charge is 0.237 e. The molecule has 88 valence electrons. The number of carbonyl (C=O) groups is 1. The van der Waals surface area contributed by atoms with Crippen LogP contribution in [0.4, 0.5) is 0 Å². The van der Waals surface area contributed by atoms with E-state index in [1.807, 2.05) is 6.92 Å². The average Bonchev–Trinajstić information content (AvgIpc) is 2.29. The number of amides is 1. The summed E-state index contributed by atoms with van der Waals surface area (Å²) in [5, 5.41) is 12.3. The molecule has 0 heterocycles. The highest BCUT2D eigenvalue weighted by Crippen LogP contribution is 2.27. The minimum Gasteiger partial charge on any atom is -0.394 e. The van der Waals surface area contributed by atoms with Crippen molar-refractivity contribution < 1.29 is 9.90 Å². The third-order valence-electron chi connectivity index (χ3n) is 3.28. The molecule has 1 atom stereocenters. The second kappa shape index (κ2) is 5.47. The minimum absolute atomic E-state index is 0.0230. The van der Waals surface area contributed by atoms with Gasteiger partial charge in [0.15, 0.2) is 0 Å². The predicted molar refractivity (Wildman–Crippen MR) is 59.3 cm³/mol. The molecule has 0 unspecified atom stereocenters. The molecule has 0 aliphatic heterocycles. The molecule has 0 saturated heterocycles. The van der Waals surface area contributed by atoms with Crippen molar-refractivity contribution in [3.05, 3.63) is 0 Å². The van der Waals surface area contributed by atoms with Crippen molar-refractivity contribution in [2.45, 2.75) is 57.0 Å². The van der Waals surface area contributed by atoms with E-state index in [2.05, 4.69) is 5.32 Å². The van der Waals surface area contributed by atoms with Crippen LogP contribution >= 0.6 is 0 Å². The van der Waals surface area contributed by atoms with Crippen LogP contribution < -0.4 is 11.1 Å². The Hall–Kier alpha value is -0.610. The van der Waals surface area contributed by atoms with Crippen molar-refractivity contribution in [1.29, 1.82) is 0 Å². The van der Waals surface area contributed by atoms with Gasteiger partial charge < -0.3 is 16.2 Å². The Kier molecular flexibility index (Phi) is 4.54. The third-order valence-corrected chi connectivity index (χ3v) is 3.28. The molecule has 4 nitrogen and oxygen atoms in total.